The summed E-state index contributed by atoms with van der Waals surface area (Å²) in [5.41, 5.74) is 0.139. The summed E-state index contributed by atoms with van der Waals surface area (Å²) in [6.07, 6.45) is 0. The topological polar surface area (TPSA) is 46.5 Å². The number of carbonyl (C=O) groups is 1. The van der Waals surface area contributed by atoms with Crippen LogP contribution in [0.15, 0.2) is 41.3 Å². The van der Waals surface area contributed by atoms with Crippen molar-refractivity contribution in [3.8, 4) is 11.5 Å². The van der Waals surface area contributed by atoms with Crippen molar-refractivity contribution < 1.29 is 14.6 Å². The Kier molecular flexibility index (Phi) is 5.39. The van der Waals surface area contributed by atoms with E-state index in [0.29, 0.717) is 20.7 Å². The molecule has 6 heteroatoms. The largest absolute Gasteiger partial charge is 0.478 e. The summed E-state index contributed by atoms with van der Waals surface area (Å²) in [5.74, 6) is 0.398. The van der Waals surface area contributed by atoms with Crippen LogP contribution in [0.5, 0.6) is 11.5 Å². The van der Waals surface area contributed by atoms with Gasteiger partial charge < -0.3 is 9.84 Å². The Labute approximate surface area is 136 Å². The highest BCUT2D eigenvalue weighted by Gasteiger charge is 2.17. The molecule has 2 aromatic carbocycles. The molecule has 1 N–H and O–H groups in total. The zero-order valence-corrected chi connectivity index (χ0v) is 13.4. The first-order chi connectivity index (χ1) is 10.0. The van der Waals surface area contributed by atoms with Gasteiger partial charge in [-0.2, -0.15) is 0 Å². The molecule has 2 aromatic rings. The maximum Gasteiger partial charge on any atom is 0.340 e. The van der Waals surface area contributed by atoms with Gasteiger partial charge in [0.1, 0.15) is 17.1 Å². The van der Waals surface area contributed by atoms with Gasteiger partial charge >= 0.3 is 5.97 Å². The van der Waals surface area contributed by atoms with Crippen LogP contribution in [0.1, 0.15) is 17.3 Å². The summed E-state index contributed by atoms with van der Waals surface area (Å²) < 4.78 is 5.66. The molecule has 0 fully saturated rings. The highest BCUT2D eigenvalue weighted by Crippen LogP contribution is 2.34. The number of thioether (sulfide) groups is 1. The average molecular weight is 343 g/mol. The molecule has 2 rings (SSSR count). The molecular weight excluding hydrogens is 331 g/mol. The standard InChI is InChI=1S/C15H12Cl2O3S/c1-2-21-13-5-3-4-12(14(13)15(18)19)20-11-7-9(16)6-10(17)8-11/h3-8H,2H2,1H3,(H,18,19). The van der Waals surface area contributed by atoms with Crippen LogP contribution in [-0.4, -0.2) is 16.8 Å². The number of rotatable bonds is 5. The monoisotopic (exact) mass is 342 g/mol. The summed E-state index contributed by atoms with van der Waals surface area (Å²) in [4.78, 5) is 12.2. The van der Waals surface area contributed by atoms with Crippen molar-refractivity contribution in [1.29, 1.82) is 0 Å². The number of benzene rings is 2. The quantitative estimate of drug-likeness (QED) is 0.718. The number of carboxylic acids is 1. The SMILES string of the molecule is CCSc1cccc(Oc2cc(Cl)cc(Cl)c2)c1C(=O)O. The molecule has 0 radical (unpaired) electrons. The lowest BCUT2D eigenvalue weighted by Crippen LogP contribution is -2.02. The first-order valence-electron chi connectivity index (χ1n) is 6.14. The van der Waals surface area contributed by atoms with Crippen LogP contribution in [0.25, 0.3) is 0 Å². The molecule has 0 aliphatic heterocycles. The lowest BCUT2D eigenvalue weighted by Gasteiger charge is -2.12. The van der Waals surface area contributed by atoms with Gasteiger partial charge in [0.15, 0.2) is 0 Å². The fraction of sp³-hybridized carbons (Fsp3) is 0.133. The molecule has 0 aromatic heterocycles. The van der Waals surface area contributed by atoms with Gasteiger partial charge in [-0.05, 0) is 36.1 Å². The molecule has 0 bridgehead atoms. The summed E-state index contributed by atoms with van der Waals surface area (Å²) in [6.45, 7) is 1.96. The van der Waals surface area contributed by atoms with Crippen molar-refractivity contribution in [3.63, 3.8) is 0 Å². The molecule has 0 spiro atoms. The number of ether oxygens (including phenoxy) is 1. The fourth-order valence-corrected chi connectivity index (χ4v) is 3.12. The van der Waals surface area contributed by atoms with E-state index in [9.17, 15) is 9.90 Å². The van der Waals surface area contributed by atoms with Gasteiger partial charge in [-0.3, -0.25) is 0 Å². The molecule has 3 nitrogen and oxygen atoms in total. The van der Waals surface area contributed by atoms with Crippen LogP contribution in [0.2, 0.25) is 10.0 Å². The van der Waals surface area contributed by atoms with Crippen molar-refractivity contribution in [2.75, 3.05) is 5.75 Å². The first kappa shape index (κ1) is 16.0. The van der Waals surface area contributed by atoms with E-state index in [-0.39, 0.29) is 11.3 Å². The van der Waals surface area contributed by atoms with Crippen LogP contribution in [0.4, 0.5) is 0 Å². The number of hydrogen-bond acceptors (Lipinski definition) is 3. The average Bonchev–Trinajstić information content (AvgIpc) is 2.37. The Bertz CT molecular complexity index is 654. The van der Waals surface area contributed by atoms with Gasteiger partial charge in [0.25, 0.3) is 0 Å². The number of hydrogen-bond donors (Lipinski definition) is 1. The van der Waals surface area contributed by atoms with Gasteiger partial charge in [-0.15, -0.1) is 11.8 Å². The minimum absolute atomic E-state index is 0.139. The zero-order valence-electron chi connectivity index (χ0n) is 11.1. The maximum absolute atomic E-state index is 11.5. The van der Waals surface area contributed by atoms with Gasteiger partial charge in [-0.1, -0.05) is 36.2 Å². The van der Waals surface area contributed by atoms with E-state index >= 15 is 0 Å². The molecule has 0 aliphatic carbocycles. The van der Waals surface area contributed by atoms with Crippen LogP contribution < -0.4 is 4.74 Å². The molecule has 0 saturated heterocycles. The van der Waals surface area contributed by atoms with Crippen LogP contribution in [0.3, 0.4) is 0 Å². The zero-order chi connectivity index (χ0) is 15.4. The summed E-state index contributed by atoms with van der Waals surface area (Å²) >= 11 is 13.3. The third-order valence-corrected chi connectivity index (χ3v) is 3.94. The van der Waals surface area contributed by atoms with E-state index in [1.54, 1.807) is 36.4 Å². The molecule has 0 atom stereocenters. The van der Waals surface area contributed by atoms with Crippen molar-refractivity contribution in [1.82, 2.24) is 0 Å². The highest BCUT2D eigenvalue weighted by molar-refractivity contribution is 7.99. The van der Waals surface area contributed by atoms with Gasteiger partial charge in [-0.25, -0.2) is 4.79 Å². The Morgan fingerprint density at radius 2 is 1.90 bits per heavy atom. The van der Waals surface area contributed by atoms with E-state index in [4.69, 9.17) is 27.9 Å². The predicted octanol–water partition coefficient (Wildman–Crippen LogP) is 5.60. The van der Waals surface area contributed by atoms with Crippen LogP contribution in [-0.2, 0) is 0 Å². The molecule has 0 heterocycles. The number of aromatic carboxylic acids is 1. The van der Waals surface area contributed by atoms with Crippen molar-refractivity contribution in [2.24, 2.45) is 0 Å². The highest BCUT2D eigenvalue weighted by atomic mass is 35.5. The smallest absolute Gasteiger partial charge is 0.340 e. The van der Waals surface area contributed by atoms with E-state index in [1.807, 2.05) is 6.92 Å². The summed E-state index contributed by atoms with van der Waals surface area (Å²) in [7, 11) is 0. The number of carboxylic acid groups (broad SMARTS) is 1. The van der Waals surface area contributed by atoms with E-state index in [0.717, 1.165) is 5.75 Å². The van der Waals surface area contributed by atoms with Gasteiger partial charge in [0, 0.05) is 14.9 Å². The third-order valence-electron chi connectivity index (χ3n) is 2.57. The van der Waals surface area contributed by atoms with Crippen molar-refractivity contribution in [3.05, 3.63) is 52.0 Å². The molecule has 0 aliphatic rings. The summed E-state index contributed by atoms with van der Waals surface area (Å²) in [6, 6.07) is 9.87. The Balaban J connectivity index is 2.43. The van der Waals surface area contributed by atoms with E-state index in [1.165, 1.54) is 11.8 Å². The van der Waals surface area contributed by atoms with Crippen molar-refractivity contribution in [2.45, 2.75) is 11.8 Å². The van der Waals surface area contributed by atoms with Crippen molar-refractivity contribution >= 4 is 40.9 Å². The van der Waals surface area contributed by atoms with Crippen LogP contribution in [0, 0.1) is 0 Å². The first-order valence-corrected chi connectivity index (χ1v) is 7.88. The molecule has 0 unspecified atom stereocenters. The van der Waals surface area contributed by atoms with Gasteiger partial charge in [0.05, 0.1) is 0 Å². The second kappa shape index (κ2) is 7.07. The molecule has 0 amide bonds. The maximum atomic E-state index is 11.5. The third kappa shape index (κ3) is 4.06. The molecule has 110 valence electrons. The second-order valence-electron chi connectivity index (χ2n) is 4.07. The minimum atomic E-state index is -1.03. The lowest BCUT2D eigenvalue weighted by atomic mass is 10.2. The van der Waals surface area contributed by atoms with E-state index in [2.05, 4.69) is 0 Å². The Hall–Kier alpha value is -1.36. The Morgan fingerprint density at radius 1 is 1.24 bits per heavy atom. The number of halogens is 2. The minimum Gasteiger partial charge on any atom is -0.478 e. The van der Waals surface area contributed by atoms with Gasteiger partial charge in [0.2, 0.25) is 0 Å². The summed E-state index contributed by atoms with van der Waals surface area (Å²) in [5, 5.41) is 10.3. The molecular formula is C15H12Cl2O3S. The second-order valence-corrected chi connectivity index (χ2v) is 6.25. The van der Waals surface area contributed by atoms with Crippen LogP contribution >= 0.6 is 35.0 Å². The fourth-order valence-electron chi connectivity index (χ4n) is 1.80. The molecule has 21 heavy (non-hydrogen) atoms. The molecule has 0 saturated carbocycles. The Morgan fingerprint density at radius 3 is 2.48 bits per heavy atom. The van der Waals surface area contributed by atoms with E-state index < -0.39 is 5.97 Å². The normalized spacial score (nSPS) is 10.4. The lowest BCUT2D eigenvalue weighted by molar-refractivity contribution is 0.0690. The predicted molar refractivity (Wildman–Crippen MR) is 86.3 cm³/mol.